The molecule has 0 aliphatic rings. The fourth-order valence-corrected chi connectivity index (χ4v) is 3.55. The number of nitrogens with one attached hydrogen (secondary N) is 1. The Hall–Kier alpha value is -0.0400. The van der Waals surface area contributed by atoms with E-state index >= 15 is 0 Å². The Morgan fingerprint density at radius 3 is 2.15 bits per heavy atom. The zero-order valence-corrected chi connectivity index (χ0v) is 16.6. The van der Waals surface area contributed by atoms with Gasteiger partial charge < -0.3 is 5.32 Å². The van der Waals surface area contributed by atoms with Gasteiger partial charge in [0.15, 0.2) is 0 Å². The molecule has 0 aromatic carbocycles. The fraction of sp³-hybridized carbons (Fsp3) is 0.733. The van der Waals surface area contributed by atoms with Crippen molar-refractivity contribution in [2.45, 2.75) is 64.4 Å². The van der Waals surface area contributed by atoms with E-state index in [-0.39, 0.29) is 10.2 Å². The molecule has 0 spiro atoms. The van der Waals surface area contributed by atoms with Crippen LogP contribution in [0.25, 0.3) is 0 Å². The molecule has 5 heteroatoms. The molecule has 1 rings (SSSR count). The van der Waals surface area contributed by atoms with Gasteiger partial charge in [-0.3, -0.25) is 0 Å². The number of hydrogen-bond donors (Lipinski definition) is 1. The SMILES string of the molecule is CCNc1nc(CSC(C)(C)C)nc(C(C)(C)C)c1I. The van der Waals surface area contributed by atoms with Crippen LogP contribution in [0, 0.1) is 3.57 Å². The minimum atomic E-state index is 0.0325. The predicted octanol–water partition coefficient (Wildman–Crippen LogP) is 4.84. The first-order valence-electron chi connectivity index (χ1n) is 6.99. The number of anilines is 1. The number of hydrogen-bond acceptors (Lipinski definition) is 4. The molecule has 114 valence electrons. The van der Waals surface area contributed by atoms with E-state index in [0.29, 0.717) is 0 Å². The van der Waals surface area contributed by atoms with E-state index in [4.69, 9.17) is 4.98 Å². The first-order chi connectivity index (χ1) is 9.04. The zero-order chi connectivity index (χ0) is 15.6. The van der Waals surface area contributed by atoms with Crippen LogP contribution in [-0.2, 0) is 11.2 Å². The molecule has 1 heterocycles. The second-order valence-electron chi connectivity index (χ2n) is 6.83. The standard InChI is InChI=1S/C15H26IN3S/c1-8-17-13-11(16)12(14(2,3)4)18-10(19-13)9-20-15(5,6)7/h8-9H2,1-7H3,(H,17,18,19). The van der Waals surface area contributed by atoms with Gasteiger partial charge in [0.2, 0.25) is 0 Å². The van der Waals surface area contributed by atoms with Crippen molar-refractivity contribution >= 4 is 40.2 Å². The third kappa shape index (κ3) is 5.39. The molecule has 0 aliphatic carbocycles. The molecule has 0 radical (unpaired) electrons. The highest BCUT2D eigenvalue weighted by atomic mass is 127. The molecule has 0 fully saturated rings. The van der Waals surface area contributed by atoms with Gasteiger partial charge in [0, 0.05) is 16.7 Å². The van der Waals surface area contributed by atoms with Crippen molar-refractivity contribution in [3.8, 4) is 0 Å². The second-order valence-corrected chi connectivity index (χ2v) is 9.71. The Labute approximate surface area is 141 Å². The van der Waals surface area contributed by atoms with E-state index in [1.54, 1.807) is 0 Å². The molecule has 0 bridgehead atoms. The summed E-state index contributed by atoms with van der Waals surface area (Å²) in [6.45, 7) is 16.2. The van der Waals surface area contributed by atoms with Crippen molar-refractivity contribution in [2.75, 3.05) is 11.9 Å². The second kappa shape index (κ2) is 6.81. The number of nitrogens with zero attached hydrogens (tertiary/aromatic N) is 2. The third-order valence-electron chi connectivity index (χ3n) is 2.59. The average Bonchev–Trinajstić information content (AvgIpc) is 2.27. The summed E-state index contributed by atoms with van der Waals surface area (Å²) in [6.07, 6.45) is 0. The van der Waals surface area contributed by atoms with Crippen molar-refractivity contribution in [1.82, 2.24) is 9.97 Å². The first-order valence-corrected chi connectivity index (χ1v) is 9.05. The summed E-state index contributed by atoms with van der Waals surface area (Å²) in [5.41, 5.74) is 1.17. The van der Waals surface area contributed by atoms with E-state index in [1.165, 1.54) is 0 Å². The van der Waals surface area contributed by atoms with Crippen molar-refractivity contribution < 1.29 is 0 Å². The van der Waals surface area contributed by atoms with Crippen LogP contribution in [0.5, 0.6) is 0 Å². The first kappa shape index (κ1) is 18.0. The Morgan fingerprint density at radius 2 is 1.70 bits per heavy atom. The molecule has 0 atom stereocenters. The maximum atomic E-state index is 4.81. The molecule has 1 aromatic heterocycles. The van der Waals surface area contributed by atoms with Gasteiger partial charge in [-0.05, 0) is 29.5 Å². The molecular weight excluding hydrogens is 381 g/mol. The van der Waals surface area contributed by atoms with Crippen LogP contribution in [0.3, 0.4) is 0 Å². The minimum absolute atomic E-state index is 0.0325. The number of rotatable bonds is 4. The van der Waals surface area contributed by atoms with Crippen molar-refractivity contribution in [2.24, 2.45) is 0 Å². The lowest BCUT2D eigenvalue weighted by atomic mass is 9.92. The van der Waals surface area contributed by atoms with Crippen molar-refractivity contribution in [3.05, 3.63) is 15.1 Å². The van der Waals surface area contributed by atoms with Gasteiger partial charge >= 0.3 is 0 Å². The summed E-state index contributed by atoms with van der Waals surface area (Å²) >= 11 is 4.24. The molecule has 0 amide bonds. The molecule has 1 aromatic rings. The number of aromatic nitrogens is 2. The number of thioether (sulfide) groups is 1. The summed E-state index contributed by atoms with van der Waals surface area (Å²) < 4.78 is 1.37. The Morgan fingerprint density at radius 1 is 1.10 bits per heavy atom. The van der Waals surface area contributed by atoms with Gasteiger partial charge in [0.05, 0.1) is 15.0 Å². The van der Waals surface area contributed by atoms with Crippen LogP contribution in [0.2, 0.25) is 0 Å². The molecule has 0 unspecified atom stereocenters. The van der Waals surface area contributed by atoms with Gasteiger partial charge in [-0.15, -0.1) is 11.8 Å². The Kier molecular flexibility index (Phi) is 6.14. The van der Waals surface area contributed by atoms with Crippen molar-refractivity contribution in [3.63, 3.8) is 0 Å². The lowest BCUT2D eigenvalue weighted by Gasteiger charge is -2.23. The molecule has 0 saturated heterocycles. The molecule has 0 aliphatic heterocycles. The van der Waals surface area contributed by atoms with E-state index < -0.39 is 0 Å². The van der Waals surface area contributed by atoms with Gasteiger partial charge in [-0.1, -0.05) is 41.5 Å². The van der Waals surface area contributed by atoms with Crippen molar-refractivity contribution in [1.29, 1.82) is 0 Å². The fourth-order valence-electron chi connectivity index (χ4n) is 1.62. The van der Waals surface area contributed by atoms with Crippen LogP contribution < -0.4 is 5.32 Å². The van der Waals surface area contributed by atoms with Crippen LogP contribution in [0.15, 0.2) is 0 Å². The molecule has 0 saturated carbocycles. The van der Waals surface area contributed by atoms with Crippen LogP contribution in [-0.4, -0.2) is 21.3 Å². The topological polar surface area (TPSA) is 37.8 Å². The van der Waals surface area contributed by atoms with Gasteiger partial charge in [-0.25, -0.2) is 9.97 Å². The summed E-state index contributed by atoms with van der Waals surface area (Å²) in [4.78, 5) is 9.50. The molecular formula is C15H26IN3S. The summed E-state index contributed by atoms with van der Waals surface area (Å²) in [5.74, 6) is 2.74. The summed E-state index contributed by atoms with van der Waals surface area (Å²) in [6, 6.07) is 0. The average molecular weight is 407 g/mol. The monoisotopic (exact) mass is 407 g/mol. The third-order valence-corrected chi connectivity index (χ3v) is 4.88. The smallest absolute Gasteiger partial charge is 0.143 e. The Balaban J connectivity index is 3.16. The van der Waals surface area contributed by atoms with E-state index in [2.05, 4.69) is 81.4 Å². The minimum Gasteiger partial charge on any atom is -0.369 e. The van der Waals surface area contributed by atoms with Crippen LogP contribution in [0.4, 0.5) is 5.82 Å². The predicted molar refractivity (Wildman–Crippen MR) is 98.7 cm³/mol. The molecule has 3 nitrogen and oxygen atoms in total. The van der Waals surface area contributed by atoms with Gasteiger partial charge in [-0.2, -0.15) is 0 Å². The lowest BCUT2D eigenvalue weighted by molar-refractivity contribution is 0.560. The van der Waals surface area contributed by atoms with Crippen LogP contribution >= 0.6 is 34.4 Å². The Bertz CT molecular complexity index is 461. The quantitative estimate of drug-likeness (QED) is 0.725. The number of halogens is 1. The maximum Gasteiger partial charge on any atom is 0.143 e. The summed E-state index contributed by atoms with van der Waals surface area (Å²) in [7, 11) is 0. The van der Waals surface area contributed by atoms with E-state index in [9.17, 15) is 0 Å². The lowest BCUT2D eigenvalue weighted by Crippen LogP contribution is -2.20. The largest absolute Gasteiger partial charge is 0.369 e. The highest BCUT2D eigenvalue weighted by Gasteiger charge is 2.23. The summed E-state index contributed by atoms with van der Waals surface area (Å²) in [5, 5.41) is 3.36. The van der Waals surface area contributed by atoms with Gasteiger partial charge in [0.25, 0.3) is 0 Å². The molecule has 1 N–H and O–H groups in total. The molecule has 20 heavy (non-hydrogen) atoms. The zero-order valence-electron chi connectivity index (χ0n) is 13.6. The van der Waals surface area contributed by atoms with Gasteiger partial charge in [0.1, 0.15) is 11.6 Å². The van der Waals surface area contributed by atoms with E-state index in [1.807, 2.05) is 11.8 Å². The van der Waals surface area contributed by atoms with E-state index in [0.717, 1.165) is 33.2 Å². The highest BCUT2D eigenvalue weighted by Crippen LogP contribution is 2.31. The normalized spacial score (nSPS) is 12.6. The van der Waals surface area contributed by atoms with Crippen LogP contribution in [0.1, 0.15) is 60.0 Å². The maximum absolute atomic E-state index is 4.81. The highest BCUT2D eigenvalue weighted by molar-refractivity contribution is 14.1.